The Morgan fingerprint density at radius 3 is 2.00 bits per heavy atom. The SMILES string of the molecule is O=C(O)C=C(C(=O)OC1CCCCC1)C1CCCCC1. The highest BCUT2D eigenvalue weighted by molar-refractivity contribution is 5.96. The number of rotatable bonds is 4. The number of carbonyl (C=O) groups excluding carboxylic acids is 1. The predicted molar refractivity (Wildman–Crippen MR) is 75.3 cm³/mol. The Bertz CT molecular complexity index is 374. The molecule has 2 aliphatic rings. The number of hydrogen-bond donors (Lipinski definition) is 1. The summed E-state index contributed by atoms with van der Waals surface area (Å²) in [7, 11) is 0. The predicted octanol–water partition coefficient (Wildman–Crippen LogP) is 3.45. The summed E-state index contributed by atoms with van der Waals surface area (Å²) in [6.45, 7) is 0. The molecule has 2 aliphatic carbocycles. The fourth-order valence-electron chi connectivity index (χ4n) is 3.29. The minimum atomic E-state index is -1.05. The molecule has 0 aromatic heterocycles. The van der Waals surface area contributed by atoms with Gasteiger partial charge in [0.15, 0.2) is 0 Å². The Hall–Kier alpha value is -1.32. The largest absolute Gasteiger partial charge is 0.478 e. The molecular formula is C16H24O4. The number of esters is 1. The van der Waals surface area contributed by atoms with Crippen LogP contribution in [0.15, 0.2) is 11.6 Å². The molecule has 2 fully saturated rings. The summed E-state index contributed by atoms with van der Waals surface area (Å²) in [5.74, 6) is -1.38. The van der Waals surface area contributed by atoms with Gasteiger partial charge >= 0.3 is 11.9 Å². The van der Waals surface area contributed by atoms with Gasteiger partial charge in [0, 0.05) is 11.6 Å². The third kappa shape index (κ3) is 4.36. The van der Waals surface area contributed by atoms with Gasteiger partial charge in [-0.25, -0.2) is 9.59 Å². The van der Waals surface area contributed by atoms with Crippen LogP contribution in [0, 0.1) is 5.92 Å². The highest BCUT2D eigenvalue weighted by atomic mass is 16.5. The van der Waals surface area contributed by atoms with Crippen molar-refractivity contribution < 1.29 is 19.4 Å². The summed E-state index contributed by atoms with van der Waals surface area (Å²) < 4.78 is 5.54. The van der Waals surface area contributed by atoms with Crippen LogP contribution in [0.2, 0.25) is 0 Å². The average molecular weight is 280 g/mol. The van der Waals surface area contributed by atoms with Crippen LogP contribution in [0.3, 0.4) is 0 Å². The zero-order chi connectivity index (χ0) is 14.4. The lowest BCUT2D eigenvalue weighted by Gasteiger charge is -2.26. The van der Waals surface area contributed by atoms with Crippen molar-refractivity contribution in [3.05, 3.63) is 11.6 Å². The number of aliphatic carboxylic acids is 1. The Kier molecular flexibility index (Phi) is 5.62. The molecule has 20 heavy (non-hydrogen) atoms. The molecule has 0 radical (unpaired) electrons. The lowest BCUT2D eigenvalue weighted by Crippen LogP contribution is -2.26. The van der Waals surface area contributed by atoms with Crippen LogP contribution in [0.4, 0.5) is 0 Å². The molecular weight excluding hydrogens is 256 g/mol. The van der Waals surface area contributed by atoms with Crippen LogP contribution in [-0.4, -0.2) is 23.1 Å². The maximum atomic E-state index is 12.3. The molecule has 0 spiro atoms. The maximum absolute atomic E-state index is 12.3. The molecule has 112 valence electrons. The number of carbonyl (C=O) groups is 2. The summed E-state index contributed by atoms with van der Waals surface area (Å²) in [6.07, 6.45) is 11.4. The standard InChI is InChI=1S/C16H24O4/c17-15(18)11-14(12-7-3-1-4-8-12)16(19)20-13-9-5-2-6-10-13/h11-13H,1-10H2,(H,17,18). The molecule has 0 saturated heterocycles. The van der Waals surface area contributed by atoms with Crippen LogP contribution >= 0.6 is 0 Å². The van der Waals surface area contributed by atoms with E-state index in [0.717, 1.165) is 57.4 Å². The lowest BCUT2D eigenvalue weighted by molar-refractivity contribution is -0.147. The average Bonchev–Trinajstić information content (AvgIpc) is 2.46. The van der Waals surface area contributed by atoms with E-state index in [9.17, 15) is 9.59 Å². The van der Waals surface area contributed by atoms with Gasteiger partial charge in [0.25, 0.3) is 0 Å². The van der Waals surface area contributed by atoms with Gasteiger partial charge in [-0.1, -0.05) is 25.7 Å². The summed E-state index contributed by atoms with van der Waals surface area (Å²) >= 11 is 0. The van der Waals surface area contributed by atoms with Crippen LogP contribution in [0.1, 0.15) is 64.2 Å². The molecule has 0 aliphatic heterocycles. The highest BCUT2D eigenvalue weighted by Crippen LogP contribution is 2.31. The zero-order valence-electron chi connectivity index (χ0n) is 12.0. The Morgan fingerprint density at radius 2 is 1.45 bits per heavy atom. The fourth-order valence-corrected chi connectivity index (χ4v) is 3.29. The normalized spacial score (nSPS) is 22.5. The van der Waals surface area contributed by atoms with Gasteiger partial charge in [0.1, 0.15) is 6.10 Å². The summed E-state index contributed by atoms with van der Waals surface area (Å²) in [5, 5.41) is 8.99. The van der Waals surface area contributed by atoms with Crippen molar-refractivity contribution in [2.45, 2.75) is 70.3 Å². The van der Waals surface area contributed by atoms with E-state index >= 15 is 0 Å². The van der Waals surface area contributed by atoms with Crippen molar-refractivity contribution in [3.63, 3.8) is 0 Å². The van der Waals surface area contributed by atoms with E-state index < -0.39 is 11.9 Å². The van der Waals surface area contributed by atoms with E-state index in [2.05, 4.69) is 0 Å². The number of hydrogen-bond acceptors (Lipinski definition) is 3. The lowest BCUT2D eigenvalue weighted by atomic mass is 9.83. The number of carboxylic acids is 1. The van der Waals surface area contributed by atoms with E-state index in [4.69, 9.17) is 9.84 Å². The van der Waals surface area contributed by atoms with Crippen LogP contribution in [-0.2, 0) is 14.3 Å². The Labute approximate surface area is 120 Å². The zero-order valence-corrected chi connectivity index (χ0v) is 12.0. The van der Waals surface area contributed by atoms with E-state index in [0.29, 0.717) is 5.57 Å². The van der Waals surface area contributed by atoms with Crippen LogP contribution in [0.5, 0.6) is 0 Å². The molecule has 2 saturated carbocycles. The van der Waals surface area contributed by atoms with Gasteiger partial charge in [-0.2, -0.15) is 0 Å². The molecule has 0 unspecified atom stereocenters. The molecule has 0 heterocycles. The maximum Gasteiger partial charge on any atom is 0.334 e. The van der Waals surface area contributed by atoms with Crippen molar-refractivity contribution in [1.82, 2.24) is 0 Å². The van der Waals surface area contributed by atoms with Gasteiger partial charge in [-0.3, -0.25) is 0 Å². The van der Waals surface area contributed by atoms with Crippen molar-refractivity contribution in [3.8, 4) is 0 Å². The first-order valence-electron chi connectivity index (χ1n) is 7.82. The first-order valence-corrected chi connectivity index (χ1v) is 7.82. The van der Waals surface area contributed by atoms with Crippen molar-refractivity contribution in [1.29, 1.82) is 0 Å². The number of carboxylic acid groups (broad SMARTS) is 1. The smallest absolute Gasteiger partial charge is 0.334 e. The van der Waals surface area contributed by atoms with Gasteiger partial charge in [-0.05, 0) is 44.4 Å². The molecule has 0 bridgehead atoms. The second-order valence-electron chi connectivity index (χ2n) is 5.94. The monoisotopic (exact) mass is 280 g/mol. The minimum absolute atomic E-state index is 0.0166. The van der Waals surface area contributed by atoms with Crippen molar-refractivity contribution in [2.75, 3.05) is 0 Å². The molecule has 2 rings (SSSR count). The van der Waals surface area contributed by atoms with Crippen molar-refractivity contribution >= 4 is 11.9 Å². The third-order valence-electron chi connectivity index (χ3n) is 4.39. The van der Waals surface area contributed by atoms with Gasteiger partial charge in [0.2, 0.25) is 0 Å². The van der Waals surface area contributed by atoms with Gasteiger partial charge in [-0.15, -0.1) is 0 Å². The van der Waals surface area contributed by atoms with Crippen LogP contribution < -0.4 is 0 Å². The van der Waals surface area contributed by atoms with E-state index in [1.165, 1.54) is 12.8 Å². The van der Waals surface area contributed by atoms with Gasteiger partial charge < -0.3 is 9.84 Å². The highest BCUT2D eigenvalue weighted by Gasteiger charge is 2.27. The van der Waals surface area contributed by atoms with E-state index in [-0.39, 0.29) is 12.0 Å². The molecule has 0 amide bonds. The Morgan fingerprint density at radius 1 is 0.900 bits per heavy atom. The molecule has 0 atom stereocenters. The summed E-state index contributed by atoms with van der Waals surface area (Å²) in [4.78, 5) is 23.3. The molecule has 4 nitrogen and oxygen atoms in total. The first kappa shape index (κ1) is 15.1. The van der Waals surface area contributed by atoms with Crippen LogP contribution in [0.25, 0.3) is 0 Å². The first-order chi connectivity index (χ1) is 9.66. The van der Waals surface area contributed by atoms with Gasteiger partial charge in [0.05, 0.1) is 0 Å². The van der Waals surface area contributed by atoms with Crippen molar-refractivity contribution in [2.24, 2.45) is 5.92 Å². The molecule has 1 N–H and O–H groups in total. The van der Waals surface area contributed by atoms with E-state index in [1.807, 2.05) is 0 Å². The summed E-state index contributed by atoms with van der Waals surface area (Å²) in [6, 6.07) is 0. The van der Waals surface area contributed by atoms with E-state index in [1.54, 1.807) is 0 Å². The molecule has 0 aromatic rings. The second kappa shape index (κ2) is 7.46. The minimum Gasteiger partial charge on any atom is -0.478 e. The number of ether oxygens (including phenoxy) is 1. The molecule has 0 aromatic carbocycles. The quantitative estimate of drug-likeness (QED) is 0.632. The fraction of sp³-hybridized carbons (Fsp3) is 0.750. The second-order valence-corrected chi connectivity index (χ2v) is 5.94. The Balaban J connectivity index is 2.01. The third-order valence-corrected chi connectivity index (χ3v) is 4.39. The topological polar surface area (TPSA) is 63.6 Å². The molecule has 4 heteroatoms. The summed E-state index contributed by atoms with van der Waals surface area (Å²) in [5.41, 5.74) is 0.378.